The van der Waals surface area contributed by atoms with Crippen molar-refractivity contribution in [1.82, 2.24) is 15.5 Å². The molecule has 2 N–H and O–H groups in total. The number of amides is 2. The van der Waals surface area contributed by atoms with Crippen LogP contribution in [0.5, 0.6) is 0 Å². The van der Waals surface area contributed by atoms with Crippen LogP contribution in [0.3, 0.4) is 0 Å². The molecule has 0 unspecified atom stereocenters. The van der Waals surface area contributed by atoms with E-state index in [9.17, 15) is 31.5 Å². The minimum atomic E-state index is -4.53. The van der Waals surface area contributed by atoms with E-state index in [1.54, 1.807) is 12.1 Å². The fourth-order valence-corrected chi connectivity index (χ4v) is 7.16. The molecule has 1 saturated heterocycles. The van der Waals surface area contributed by atoms with Gasteiger partial charge in [0.2, 0.25) is 5.91 Å². The third-order valence-electron chi connectivity index (χ3n) is 9.48. The lowest BCUT2D eigenvalue weighted by Crippen LogP contribution is -2.47. The van der Waals surface area contributed by atoms with Crippen LogP contribution in [-0.4, -0.2) is 55.1 Å². The van der Waals surface area contributed by atoms with E-state index in [4.69, 9.17) is 0 Å². The number of likely N-dealkylation sites (tertiary alicyclic amines) is 1. The predicted octanol–water partition coefficient (Wildman–Crippen LogP) is 7.64. The van der Waals surface area contributed by atoms with Gasteiger partial charge in [-0.05, 0) is 89.9 Å². The Morgan fingerprint density at radius 2 is 1.38 bits per heavy atom. The van der Waals surface area contributed by atoms with E-state index in [2.05, 4.69) is 15.5 Å². The molecule has 250 valence electrons. The van der Waals surface area contributed by atoms with Gasteiger partial charge in [0.15, 0.2) is 0 Å². The molecule has 5 nitrogen and oxygen atoms in total. The largest absolute Gasteiger partial charge is 0.405 e. The van der Waals surface area contributed by atoms with Gasteiger partial charge in [0.25, 0.3) is 5.91 Å². The van der Waals surface area contributed by atoms with Gasteiger partial charge in [-0.1, -0.05) is 73.2 Å². The molecule has 1 heterocycles. The van der Waals surface area contributed by atoms with Crippen molar-refractivity contribution in [2.24, 2.45) is 0 Å². The molecular formula is C38H36F5N3O2. The minimum absolute atomic E-state index is 0.106. The van der Waals surface area contributed by atoms with Crippen LogP contribution in [0.2, 0.25) is 0 Å². The van der Waals surface area contributed by atoms with Crippen LogP contribution in [-0.2, 0) is 10.2 Å². The topological polar surface area (TPSA) is 61.4 Å². The number of carbonyl (C=O) groups excluding carboxylic acids is 2. The number of halogens is 5. The summed E-state index contributed by atoms with van der Waals surface area (Å²) in [4.78, 5) is 29.2. The van der Waals surface area contributed by atoms with E-state index in [0.717, 1.165) is 48.3 Å². The minimum Gasteiger partial charge on any atom is -0.349 e. The molecule has 0 bridgehead atoms. The first-order valence-corrected chi connectivity index (χ1v) is 16.2. The van der Waals surface area contributed by atoms with Gasteiger partial charge in [-0.3, -0.25) is 9.59 Å². The highest BCUT2D eigenvalue weighted by Gasteiger charge is 2.49. The molecule has 0 radical (unpaired) electrons. The number of fused-ring (bicyclic) bond motifs is 3. The number of benzene rings is 4. The molecule has 0 atom stereocenters. The number of alkyl halides is 3. The van der Waals surface area contributed by atoms with E-state index in [1.807, 2.05) is 48.5 Å². The highest BCUT2D eigenvalue weighted by molar-refractivity contribution is 6.01. The highest BCUT2D eigenvalue weighted by Crippen LogP contribution is 2.51. The number of piperidine rings is 1. The van der Waals surface area contributed by atoms with Gasteiger partial charge in [0.1, 0.15) is 23.6 Å². The van der Waals surface area contributed by atoms with Crippen molar-refractivity contribution < 1.29 is 31.5 Å². The van der Waals surface area contributed by atoms with Crippen LogP contribution in [0.25, 0.3) is 22.3 Å². The monoisotopic (exact) mass is 661 g/mol. The van der Waals surface area contributed by atoms with Crippen molar-refractivity contribution in [2.75, 3.05) is 26.2 Å². The number of carbonyl (C=O) groups is 2. The maximum Gasteiger partial charge on any atom is 0.405 e. The Bertz CT molecular complexity index is 1740. The molecule has 6 rings (SSSR count). The molecule has 1 fully saturated rings. The second kappa shape index (κ2) is 13.9. The second-order valence-corrected chi connectivity index (χ2v) is 12.5. The molecule has 48 heavy (non-hydrogen) atoms. The highest BCUT2D eigenvalue weighted by atomic mass is 19.4. The van der Waals surface area contributed by atoms with E-state index < -0.39 is 41.6 Å². The van der Waals surface area contributed by atoms with E-state index in [1.165, 1.54) is 30.3 Å². The lowest BCUT2D eigenvalue weighted by atomic mass is 9.73. The van der Waals surface area contributed by atoms with Crippen molar-refractivity contribution in [3.63, 3.8) is 0 Å². The van der Waals surface area contributed by atoms with Crippen LogP contribution in [0.15, 0.2) is 91.0 Å². The van der Waals surface area contributed by atoms with Gasteiger partial charge in [0.05, 0.1) is 5.56 Å². The Labute approximate surface area is 276 Å². The van der Waals surface area contributed by atoms with Crippen LogP contribution >= 0.6 is 0 Å². The van der Waals surface area contributed by atoms with Crippen LogP contribution in [0.4, 0.5) is 22.0 Å². The molecule has 4 aromatic carbocycles. The number of hydrogen-bond acceptors (Lipinski definition) is 3. The summed E-state index contributed by atoms with van der Waals surface area (Å²) in [7, 11) is 0. The predicted molar refractivity (Wildman–Crippen MR) is 174 cm³/mol. The van der Waals surface area contributed by atoms with Gasteiger partial charge in [-0.2, -0.15) is 13.2 Å². The summed E-state index contributed by atoms with van der Waals surface area (Å²) in [6.45, 7) is 0.794. The zero-order valence-corrected chi connectivity index (χ0v) is 26.3. The number of rotatable bonds is 10. The molecule has 4 aromatic rings. The van der Waals surface area contributed by atoms with Crippen molar-refractivity contribution in [3.8, 4) is 22.3 Å². The second-order valence-electron chi connectivity index (χ2n) is 12.5. The fourth-order valence-electron chi connectivity index (χ4n) is 7.16. The zero-order chi connectivity index (χ0) is 33.9. The summed E-state index contributed by atoms with van der Waals surface area (Å²) in [6.07, 6.45) is -1.43. The molecule has 0 aromatic heterocycles. The maximum atomic E-state index is 14.1. The lowest BCUT2D eigenvalue weighted by molar-refractivity contribution is -0.141. The van der Waals surface area contributed by atoms with Crippen LogP contribution in [0.1, 0.15) is 53.6 Å². The molecule has 10 heteroatoms. The molecule has 1 aliphatic carbocycles. The molecule has 1 aliphatic heterocycles. The Kier molecular flexibility index (Phi) is 9.64. The lowest BCUT2D eigenvalue weighted by Gasteiger charge is -2.33. The van der Waals surface area contributed by atoms with E-state index in [-0.39, 0.29) is 11.6 Å². The average Bonchev–Trinajstić information content (AvgIpc) is 3.37. The summed E-state index contributed by atoms with van der Waals surface area (Å²) < 4.78 is 67.1. The zero-order valence-electron chi connectivity index (χ0n) is 26.3. The number of hydrogen-bond donors (Lipinski definition) is 2. The van der Waals surface area contributed by atoms with Crippen LogP contribution < -0.4 is 10.6 Å². The maximum absolute atomic E-state index is 14.1. The molecule has 0 spiro atoms. The van der Waals surface area contributed by atoms with Gasteiger partial charge in [-0.25, -0.2) is 8.78 Å². The van der Waals surface area contributed by atoms with E-state index >= 15 is 0 Å². The molecular weight excluding hydrogens is 625 g/mol. The van der Waals surface area contributed by atoms with E-state index in [0.29, 0.717) is 36.8 Å². The Morgan fingerprint density at radius 3 is 2.00 bits per heavy atom. The van der Waals surface area contributed by atoms with Crippen LogP contribution in [0, 0.1) is 11.6 Å². The quantitative estimate of drug-likeness (QED) is 0.136. The smallest absolute Gasteiger partial charge is 0.349 e. The first-order valence-electron chi connectivity index (χ1n) is 16.2. The molecule has 2 aliphatic rings. The first-order chi connectivity index (χ1) is 23.0. The Hall–Kier alpha value is -4.57. The number of nitrogens with one attached hydrogen (secondary N) is 2. The summed E-state index contributed by atoms with van der Waals surface area (Å²) in [5.41, 5.74) is 3.27. The summed E-state index contributed by atoms with van der Waals surface area (Å²) in [5, 5.41) is 5.22. The third-order valence-corrected chi connectivity index (χ3v) is 9.48. The summed E-state index contributed by atoms with van der Waals surface area (Å²) >= 11 is 0. The van der Waals surface area contributed by atoms with Gasteiger partial charge in [0, 0.05) is 19.1 Å². The van der Waals surface area contributed by atoms with Crippen molar-refractivity contribution in [3.05, 3.63) is 119 Å². The van der Waals surface area contributed by atoms with Crippen molar-refractivity contribution >= 4 is 11.8 Å². The van der Waals surface area contributed by atoms with Crippen molar-refractivity contribution in [2.45, 2.75) is 49.7 Å². The fraction of sp³-hybridized carbons (Fsp3) is 0.316. The molecule has 2 amide bonds. The summed E-state index contributed by atoms with van der Waals surface area (Å²) in [5.74, 6) is -1.98. The summed E-state index contributed by atoms with van der Waals surface area (Å²) in [6, 6.07) is 24.5. The number of unbranched alkanes of at least 4 members (excludes halogenated alkanes) is 1. The third kappa shape index (κ3) is 6.99. The van der Waals surface area contributed by atoms with Crippen molar-refractivity contribution in [1.29, 1.82) is 0 Å². The van der Waals surface area contributed by atoms with Gasteiger partial charge in [-0.15, -0.1) is 0 Å². The average molecular weight is 662 g/mol. The normalized spacial score (nSPS) is 15.9. The Morgan fingerprint density at radius 1 is 0.771 bits per heavy atom. The number of nitrogens with zero attached hydrogens (tertiary/aromatic N) is 1. The van der Waals surface area contributed by atoms with Gasteiger partial charge >= 0.3 is 6.18 Å². The SMILES string of the molecule is O=C(NC1CCN(CCCCC2(C(=O)NCC(F)(F)F)c3ccccc3-c3ccccc32)CC1)c1cc(F)ccc1-c1ccc(F)cc1. The standard InChI is InChI=1S/C38H36F5N3O2/c39-26-13-11-25(12-14-26)29-16-15-27(40)23-32(29)35(47)45-28-17-21-46(22-18-28)20-6-5-19-37(36(48)44-24-38(41,42)43)33-9-3-1-7-30(33)31-8-2-4-10-34(31)37/h1-4,7-16,23,28H,5-6,17-22,24H2,(H,44,48)(H,45,47). The Balaban J connectivity index is 1.07. The van der Waals surface area contributed by atoms with Gasteiger partial charge < -0.3 is 15.5 Å². The first kappa shape index (κ1) is 33.3. The molecule has 0 saturated carbocycles.